The number of hydrogen-bond acceptors (Lipinski definition) is 5. The van der Waals surface area contributed by atoms with E-state index in [0.29, 0.717) is 10.9 Å². The average molecular weight is 445 g/mol. The van der Waals surface area contributed by atoms with Crippen LogP contribution in [-0.2, 0) is 12.3 Å². The summed E-state index contributed by atoms with van der Waals surface area (Å²) in [5.74, 6) is 0. The third-order valence-corrected chi connectivity index (χ3v) is 6.41. The highest BCUT2D eigenvalue weighted by Gasteiger charge is 2.15. The van der Waals surface area contributed by atoms with Crippen molar-refractivity contribution >= 4 is 50.5 Å². The Hall–Kier alpha value is -0.710. The van der Waals surface area contributed by atoms with Crippen LogP contribution in [0, 0.1) is 7.27 Å². The number of nitrogens with zero attached hydrogens (tertiary/aromatic N) is 1. The summed E-state index contributed by atoms with van der Waals surface area (Å²) in [6.07, 6.45) is 0. The summed E-state index contributed by atoms with van der Waals surface area (Å²) in [4.78, 5) is 3.88. The van der Waals surface area contributed by atoms with E-state index in [0.717, 1.165) is 0 Å². The van der Waals surface area contributed by atoms with Crippen LogP contribution in [0.1, 0.15) is 0 Å². The van der Waals surface area contributed by atoms with Gasteiger partial charge in [-0.1, -0.05) is 18.2 Å². The molecule has 0 unspecified atom stereocenters. The molecule has 0 N–H and O–H groups in total. The van der Waals surface area contributed by atoms with Gasteiger partial charge in [-0.3, -0.25) is 0 Å². The third-order valence-electron chi connectivity index (χ3n) is 1.95. The van der Waals surface area contributed by atoms with Crippen LogP contribution >= 0.6 is 39.6 Å². The van der Waals surface area contributed by atoms with Gasteiger partial charge in [-0.2, -0.15) is 0 Å². The lowest BCUT2D eigenvalue weighted by Crippen LogP contribution is -1.90. The lowest BCUT2D eigenvalue weighted by molar-refractivity contribution is 0.607. The Labute approximate surface area is 105 Å². The second-order valence-corrected chi connectivity index (χ2v) is 7.55. The van der Waals surface area contributed by atoms with Crippen molar-refractivity contribution in [3.05, 3.63) is 37.6 Å². The van der Waals surface area contributed by atoms with Crippen molar-refractivity contribution in [1.82, 2.24) is 4.98 Å². The molecule has 5 nitrogen and oxygen atoms in total. The van der Waals surface area contributed by atoms with E-state index in [9.17, 15) is 12.3 Å². The van der Waals surface area contributed by atoms with E-state index >= 15 is 0 Å². The van der Waals surface area contributed by atoms with Gasteiger partial charge in [0.1, 0.15) is 3.57 Å². The highest BCUT2D eigenvalue weighted by Crippen LogP contribution is 2.30. The van der Waals surface area contributed by atoms with Crippen LogP contribution in [0.3, 0.4) is 0 Å². The Morgan fingerprint density at radius 2 is 1.62 bits per heavy atom. The van der Waals surface area contributed by atoms with Crippen LogP contribution in [0.5, 0.6) is 0 Å². The van der Waals surface area contributed by atoms with Crippen LogP contribution in [0.15, 0.2) is 30.3 Å². The maximum atomic E-state index is 11.0. The number of halogens is 2. The highest BCUT2D eigenvalue weighted by molar-refractivity contribution is 14.2. The quantitative estimate of drug-likeness (QED) is 0.525. The molecule has 2 aromatic rings. The molecule has 1 heterocycles. The highest BCUT2D eigenvalue weighted by atomic mass is 127. The number of aromatic nitrogens is 1. The Morgan fingerprint density at radius 1 is 0.938 bits per heavy atom. The number of para-hydroxylation sites is 1. The second-order valence-electron chi connectivity index (χ2n) is 2.89. The van der Waals surface area contributed by atoms with E-state index in [-0.39, 0.29) is 7.27 Å². The van der Waals surface area contributed by atoms with Crippen molar-refractivity contribution < 1.29 is 12.3 Å². The molecule has 0 atom stereocenters. The summed E-state index contributed by atoms with van der Waals surface area (Å²) in [6.45, 7) is 0. The smallest absolute Gasteiger partial charge is 0.235 e. The minimum atomic E-state index is -3.87. The average Bonchev–Trinajstić information content (AvgIpc) is 2.27. The van der Waals surface area contributed by atoms with Gasteiger partial charge in [0.15, 0.2) is 3.70 Å². The molecule has 0 saturated carbocycles. The Bertz CT molecular complexity index is 627. The molecular weight excluding hydrogens is 440 g/mol. The van der Waals surface area contributed by atoms with Gasteiger partial charge in [0, 0.05) is 5.39 Å². The SMILES string of the molecule is O=I(=O)c1cc2ccccc2nc1I(=O)=O. The molecule has 0 saturated heterocycles. The first-order valence-corrected chi connectivity index (χ1v) is 9.78. The lowest BCUT2D eigenvalue weighted by Gasteiger charge is -1.98. The number of fused-ring (bicyclic) bond motifs is 1. The van der Waals surface area contributed by atoms with E-state index < -0.39 is 39.6 Å². The first-order valence-electron chi connectivity index (χ1n) is 4.10. The zero-order chi connectivity index (χ0) is 11.7. The summed E-state index contributed by atoms with van der Waals surface area (Å²) < 4.78 is 43.6. The molecule has 1 aromatic carbocycles. The number of hydrogen-bond donors (Lipinski definition) is 0. The van der Waals surface area contributed by atoms with E-state index in [1.807, 2.05) is 0 Å². The molecule has 0 amide bonds. The van der Waals surface area contributed by atoms with Gasteiger partial charge in [-0.25, -0.2) is 17.3 Å². The molecule has 84 valence electrons. The van der Waals surface area contributed by atoms with Gasteiger partial charge in [-0.05, 0) is 12.1 Å². The van der Waals surface area contributed by atoms with Gasteiger partial charge < -0.3 is 0 Å². The molecule has 0 aliphatic carbocycles. The van der Waals surface area contributed by atoms with Crippen molar-refractivity contribution in [3.63, 3.8) is 0 Å². The second kappa shape index (κ2) is 4.65. The molecule has 1 aromatic heterocycles. The third kappa shape index (κ3) is 2.19. The monoisotopic (exact) mass is 445 g/mol. The van der Waals surface area contributed by atoms with Crippen LogP contribution in [0.2, 0.25) is 0 Å². The van der Waals surface area contributed by atoms with Gasteiger partial charge in [0.05, 0.1) is 5.52 Å². The van der Waals surface area contributed by atoms with Crippen molar-refractivity contribution in [2.24, 2.45) is 0 Å². The number of benzene rings is 1. The van der Waals surface area contributed by atoms with E-state index in [4.69, 9.17) is 0 Å². The number of rotatable bonds is 2. The Balaban J connectivity index is 2.92. The normalized spacial score (nSPS) is 11.4. The molecule has 16 heavy (non-hydrogen) atoms. The summed E-state index contributed by atoms with van der Waals surface area (Å²) in [7, 11) is 0. The van der Waals surface area contributed by atoms with Crippen molar-refractivity contribution in [1.29, 1.82) is 0 Å². The van der Waals surface area contributed by atoms with Gasteiger partial charge in [0.25, 0.3) is 0 Å². The van der Waals surface area contributed by atoms with Crippen LogP contribution in [0.4, 0.5) is 0 Å². The molecule has 2 rings (SSSR count). The van der Waals surface area contributed by atoms with Crippen LogP contribution < -0.4 is 0 Å². The minimum absolute atomic E-state index is 0.127. The zero-order valence-electron chi connectivity index (χ0n) is 7.72. The van der Waals surface area contributed by atoms with Gasteiger partial charge >= 0.3 is 39.6 Å². The summed E-state index contributed by atoms with van der Waals surface area (Å²) in [6, 6.07) is 8.19. The zero-order valence-corrected chi connectivity index (χ0v) is 12.0. The standard InChI is InChI=1S/C9H5I2NO4/c13-10(14)7-5-6-3-1-2-4-8(6)12-9(7)11(15)16/h1-5H. The van der Waals surface area contributed by atoms with Crippen molar-refractivity contribution in [2.75, 3.05) is 0 Å². The molecular formula is C9H5I2NO4. The molecule has 7 heteroatoms. The fourth-order valence-electron chi connectivity index (χ4n) is 1.28. The molecule has 0 aliphatic rings. The maximum absolute atomic E-state index is 11.0. The largest absolute Gasteiger partial charge is 0.361 e. The first kappa shape index (κ1) is 11.8. The maximum Gasteiger partial charge on any atom is 0.361 e. The molecule has 0 bridgehead atoms. The Morgan fingerprint density at radius 3 is 2.25 bits per heavy atom. The van der Waals surface area contributed by atoms with Crippen LogP contribution in [-0.4, -0.2) is 4.98 Å². The molecule has 0 aliphatic heterocycles. The summed E-state index contributed by atoms with van der Waals surface area (Å²) >= 11 is -7.70. The summed E-state index contributed by atoms with van der Waals surface area (Å²) in [5.41, 5.74) is 0.493. The molecule has 0 spiro atoms. The van der Waals surface area contributed by atoms with Crippen molar-refractivity contribution in [2.45, 2.75) is 0 Å². The van der Waals surface area contributed by atoms with E-state index in [2.05, 4.69) is 4.98 Å². The van der Waals surface area contributed by atoms with Gasteiger partial charge in [0.2, 0.25) is 0 Å². The van der Waals surface area contributed by atoms with Crippen molar-refractivity contribution in [3.8, 4) is 0 Å². The fraction of sp³-hybridized carbons (Fsp3) is 0. The van der Waals surface area contributed by atoms with E-state index in [1.54, 1.807) is 24.3 Å². The predicted octanol–water partition coefficient (Wildman–Crippen LogP) is 2.97. The van der Waals surface area contributed by atoms with Gasteiger partial charge in [-0.15, -0.1) is 0 Å². The van der Waals surface area contributed by atoms with Crippen LogP contribution in [0.25, 0.3) is 10.9 Å². The lowest BCUT2D eigenvalue weighted by atomic mass is 10.2. The number of pyridine rings is 1. The minimum Gasteiger partial charge on any atom is -0.235 e. The first-order chi connectivity index (χ1) is 7.59. The Kier molecular flexibility index (Phi) is 3.42. The predicted molar refractivity (Wildman–Crippen MR) is 69.9 cm³/mol. The van der Waals surface area contributed by atoms with E-state index in [1.165, 1.54) is 6.07 Å². The topological polar surface area (TPSA) is 81.2 Å². The molecule has 0 fully saturated rings. The fourth-order valence-corrected chi connectivity index (χ4v) is 5.62. The summed E-state index contributed by atoms with van der Waals surface area (Å²) in [5, 5.41) is 0.632. The molecule has 0 radical (unpaired) electrons.